The van der Waals surface area contributed by atoms with Gasteiger partial charge in [-0.25, -0.2) is 0 Å². The van der Waals surface area contributed by atoms with Crippen molar-refractivity contribution in [2.45, 2.75) is 26.4 Å². The summed E-state index contributed by atoms with van der Waals surface area (Å²) < 4.78 is 0. The summed E-state index contributed by atoms with van der Waals surface area (Å²) in [5.41, 5.74) is 4.79. The zero-order valence-electron chi connectivity index (χ0n) is 14.8. The lowest BCUT2D eigenvalue weighted by molar-refractivity contribution is 0.139. The maximum Gasteiger partial charge on any atom is 0.0804 e. The standard InChI is InChI=1S/C21H28N2O/c1-17-8-9-18(2)20(16-17)21(24)10-11-22-12-14-23(15-13-22)19-6-4-3-5-7-19/h3-9,16,21,24H,10-15H2,1-2H3. The minimum absolute atomic E-state index is 0.364. The van der Waals surface area contributed by atoms with E-state index in [1.165, 1.54) is 16.8 Å². The molecule has 0 saturated carbocycles. The number of aryl methyl sites for hydroxylation is 2. The third-order valence-corrected chi connectivity index (χ3v) is 5.01. The largest absolute Gasteiger partial charge is 0.388 e. The minimum Gasteiger partial charge on any atom is -0.388 e. The second-order valence-electron chi connectivity index (χ2n) is 6.83. The Morgan fingerprint density at radius 1 is 0.958 bits per heavy atom. The molecule has 1 saturated heterocycles. The lowest BCUT2D eigenvalue weighted by Crippen LogP contribution is -2.46. The first kappa shape index (κ1) is 17.0. The first-order valence-corrected chi connectivity index (χ1v) is 8.91. The van der Waals surface area contributed by atoms with Crippen LogP contribution in [0.25, 0.3) is 0 Å². The molecule has 2 aromatic rings. The van der Waals surface area contributed by atoms with E-state index < -0.39 is 0 Å². The molecule has 1 unspecified atom stereocenters. The molecule has 1 aliphatic heterocycles. The summed E-state index contributed by atoms with van der Waals surface area (Å²) >= 11 is 0. The number of aliphatic hydroxyl groups excluding tert-OH is 1. The molecule has 128 valence electrons. The number of nitrogens with zero attached hydrogens (tertiary/aromatic N) is 2. The zero-order valence-corrected chi connectivity index (χ0v) is 14.8. The smallest absolute Gasteiger partial charge is 0.0804 e. The van der Waals surface area contributed by atoms with Crippen molar-refractivity contribution in [1.82, 2.24) is 4.90 Å². The fraction of sp³-hybridized carbons (Fsp3) is 0.429. The molecule has 0 aliphatic carbocycles. The topological polar surface area (TPSA) is 26.7 Å². The highest BCUT2D eigenvalue weighted by atomic mass is 16.3. The molecule has 2 aromatic carbocycles. The van der Waals surface area contributed by atoms with Gasteiger partial charge in [0.1, 0.15) is 0 Å². The fourth-order valence-corrected chi connectivity index (χ4v) is 3.45. The van der Waals surface area contributed by atoms with Crippen molar-refractivity contribution in [1.29, 1.82) is 0 Å². The Labute approximate surface area is 145 Å². The van der Waals surface area contributed by atoms with Crippen molar-refractivity contribution < 1.29 is 5.11 Å². The number of rotatable bonds is 5. The van der Waals surface area contributed by atoms with E-state index in [2.05, 4.69) is 72.2 Å². The third-order valence-electron chi connectivity index (χ3n) is 5.01. The lowest BCUT2D eigenvalue weighted by Gasteiger charge is -2.36. The molecule has 1 aliphatic rings. The monoisotopic (exact) mass is 324 g/mol. The van der Waals surface area contributed by atoms with Gasteiger partial charge in [-0.3, -0.25) is 4.90 Å². The summed E-state index contributed by atoms with van der Waals surface area (Å²) in [7, 11) is 0. The van der Waals surface area contributed by atoms with Crippen LogP contribution in [-0.4, -0.2) is 42.7 Å². The molecule has 1 atom stereocenters. The van der Waals surface area contributed by atoms with Crippen LogP contribution in [0.3, 0.4) is 0 Å². The number of piperazine rings is 1. The highest BCUT2D eigenvalue weighted by Crippen LogP contribution is 2.23. The zero-order chi connectivity index (χ0) is 16.9. The molecule has 3 heteroatoms. The van der Waals surface area contributed by atoms with Gasteiger partial charge in [0.25, 0.3) is 0 Å². The Hall–Kier alpha value is -1.84. The molecule has 0 amide bonds. The maximum atomic E-state index is 10.5. The Kier molecular flexibility index (Phi) is 5.54. The molecule has 1 N–H and O–H groups in total. The number of para-hydroxylation sites is 1. The van der Waals surface area contributed by atoms with E-state index in [1.54, 1.807) is 0 Å². The van der Waals surface area contributed by atoms with Gasteiger partial charge in [-0.15, -0.1) is 0 Å². The van der Waals surface area contributed by atoms with Gasteiger partial charge >= 0.3 is 0 Å². The number of aliphatic hydroxyl groups is 1. The van der Waals surface area contributed by atoms with Crippen LogP contribution in [0, 0.1) is 13.8 Å². The average Bonchev–Trinajstić information content (AvgIpc) is 2.63. The van der Waals surface area contributed by atoms with Crippen LogP contribution in [0.15, 0.2) is 48.5 Å². The van der Waals surface area contributed by atoms with Gasteiger partial charge in [0, 0.05) is 38.4 Å². The van der Waals surface area contributed by atoms with Crippen LogP contribution < -0.4 is 4.90 Å². The van der Waals surface area contributed by atoms with Gasteiger partial charge in [0.2, 0.25) is 0 Å². The van der Waals surface area contributed by atoms with E-state index >= 15 is 0 Å². The van der Waals surface area contributed by atoms with E-state index in [0.29, 0.717) is 0 Å². The van der Waals surface area contributed by atoms with Crippen LogP contribution in [0.2, 0.25) is 0 Å². The van der Waals surface area contributed by atoms with Gasteiger partial charge in [0.15, 0.2) is 0 Å². The average molecular weight is 324 g/mol. The number of hydrogen-bond donors (Lipinski definition) is 1. The Bertz CT molecular complexity index is 648. The van der Waals surface area contributed by atoms with Crippen molar-refractivity contribution in [3.05, 3.63) is 65.2 Å². The van der Waals surface area contributed by atoms with Gasteiger partial charge in [0.05, 0.1) is 6.10 Å². The van der Waals surface area contributed by atoms with Crippen LogP contribution in [-0.2, 0) is 0 Å². The molecule has 0 spiro atoms. The summed E-state index contributed by atoms with van der Waals surface area (Å²) in [6.07, 6.45) is 0.437. The summed E-state index contributed by atoms with van der Waals surface area (Å²) in [5.74, 6) is 0. The summed E-state index contributed by atoms with van der Waals surface area (Å²) in [5, 5.41) is 10.5. The van der Waals surface area contributed by atoms with E-state index in [9.17, 15) is 5.11 Å². The quantitative estimate of drug-likeness (QED) is 0.911. The first-order valence-electron chi connectivity index (χ1n) is 8.91. The molecular weight excluding hydrogens is 296 g/mol. The SMILES string of the molecule is Cc1ccc(C)c(C(O)CCN2CCN(c3ccccc3)CC2)c1. The highest BCUT2D eigenvalue weighted by molar-refractivity contribution is 5.46. The normalized spacial score (nSPS) is 17.0. The molecule has 1 heterocycles. The molecule has 1 fully saturated rings. The number of benzene rings is 2. The van der Waals surface area contributed by atoms with Gasteiger partial charge < -0.3 is 10.0 Å². The van der Waals surface area contributed by atoms with Crippen molar-refractivity contribution >= 4 is 5.69 Å². The van der Waals surface area contributed by atoms with Crippen LogP contribution in [0.5, 0.6) is 0 Å². The van der Waals surface area contributed by atoms with E-state index in [-0.39, 0.29) is 6.10 Å². The second kappa shape index (κ2) is 7.82. The second-order valence-corrected chi connectivity index (χ2v) is 6.83. The van der Waals surface area contributed by atoms with E-state index in [0.717, 1.165) is 44.7 Å². The lowest BCUT2D eigenvalue weighted by atomic mass is 9.99. The number of hydrogen-bond acceptors (Lipinski definition) is 3. The Morgan fingerprint density at radius 2 is 1.67 bits per heavy atom. The molecule has 3 nitrogen and oxygen atoms in total. The third kappa shape index (κ3) is 4.16. The molecule has 0 bridgehead atoms. The molecule has 3 rings (SSSR count). The maximum absolute atomic E-state index is 10.5. The molecule has 0 aromatic heterocycles. The highest BCUT2D eigenvalue weighted by Gasteiger charge is 2.18. The van der Waals surface area contributed by atoms with Gasteiger partial charge in [-0.1, -0.05) is 42.0 Å². The van der Waals surface area contributed by atoms with Gasteiger partial charge in [-0.05, 0) is 43.5 Å². The predicted molar refractivity (Wildman–Crippen MR) is 101 cm³/mol. The molecular formula is C21H28N2O. The van der Waals surface area contributed by atoms with Crippen molar-refractivity contribution in [3.8, 4) is 0 Å². The van der Waals surface area contributed by atoms with Crippen molar-refractivity contribution in [3.63, 3.8) is 0 Å². The summed E-state index contributed by atoms with van der Waals surface area (Å²) in [4.78, 5) is 4.91. The Balaban J connectivity index is 1.49. The van der Waals surface area contributed by atoms with E-state index in [1.807, 2.05) is 0 Å². The fourth-order valence-electron chi connectivity index (χ4n) is 3.45. The van der Waals surface area contributed by atoms with Crippen molar-refractivity contribution in [2.75, 3.05) is 37.6 Å². The van der Waals surface area contributed by atoms with Crippen LogP contribution in [0.4, 0.5) is 5.69 Å². The minimum atomic E-state index is -0.364. The predicted octanol–water partition coefficient (Wildman–Crippen LogP) is 3.55. The first-order chi connectivity index (χ1) is 11.6. The molecule has 0 radical (unpaired) electrons. The van der Waals surface area contributed by atoms with Crippen LogP contribution >= 0.6 is 0 Å². The summed E-state index contributed by atoms with van der Waals surface area (Å²) in [6.45, 7) is 9.36. The summed E-state index contributed by atoms with van der Waals surface area (Å²) in [6, 6.07) is 17.0. The Morgan fingerprint density at radius 3 is 2.38 bits per heavy atom. The van der Waals surface area contributed by atoms with Crippen molar-refractivity contribution in [2.24, 2.45) is 0 Å². The number of anilines is 1. The van der Waals surface area contributed by atoms with Gasteiger partial charge in [-0.2, -0.15) is 0 Å². The van der Waals surface area contributed by atoms with Crippen LogP contribution in [0.1, 0.15) is 29.2 Å². The molecule has 24 heavy (non-hydrogen) atoms. The van der Waals surface area contributed by atoms with E-state index in [4.69, 9.17) is 0 Å².